The molecule has 0 aliphatic carbocycles. The molecule has 0 atom stereocenters. The van der Waals surface area contributed by atoms with Crippen LogP contribution >= 0.6 is 0 Å². The zero-order valence-electron chi connectivity index (χ0n) is 8.44. The Balaban J connectivity index is 1.80. The zero-order valence-corrected chi connectivity index (χ0v) is 8.44. The number of aromatic amines is 1. The summed E-state index contributed by atoms with van der Waals surface area (Å²) in [5, 5.41) is 13.6. The summed E-state index contributed by atoms with van der Waals surface area (Å²) in [6.45, 7) is 3.48. The van der Waals surface area contributed by atoms with E-state index in [0.717, 1.165) is 12.1 Å². The molecular formula is C8H13N7. The van der Waals surface area contributed by atoms with Gasteiger partial charge in [0, 0.05) is 12.7 Å². The van der Waals surface area contributed by atoms with Gasteiger partial charge in [0.25, 0.3) is 0 Å². The molecule has 0 aromatic carbocycles. The third-order valence-electron chi connectivity index (χ3n) is 1.89. The van der Waals surface area contributed by atoms with Crippen LogP contribution in [-0.2, 0) is 6.54 Å². The number of rotatable bonds is 4. The molecule has 0 bridgehead atoms. The number of hydrogen-bond acceptors (Lipinski definition) is 5. The second-order valence-electron chi connectivity index (χ2n) is 3.25. The number of nitrogens with two attached hydrogens (primary N) is 1. The monoisotopic (exact) mass is 207 g/mol. The summed E-state index contributed by atoms with van der Waals surface area (Å²) in [6, 6.07) is 0. The van der Waals surface area contributed by atoms with Crippen molar-refractivity contribution in [2.75, 3.05) is 17.6 Å². The summed E-state index contributed by atoms with van der Waals surface area (Å²) in [4.78, 5) is 3.92. The molecule has 2 heterocycles. The van der Waals surface area contributed by atoms with E-state index in [4.69, 9.17) is 5.73 Å². The Kier molecular flexibility index (Phi) is 2.53. The molecule has 15 heavy (non-hydrogen) atoms. The van der Waals surface area contributed by atoms with Crippen LogP contribution in [0.3, 0.4) is 0 Å². The molecule has 4 N–H and O–H groups in total. The van der Waals surface area contributed by atoms with Gasteiger partial charge in [0.05, 0.1) is 12.7 Å². The summed E-state index contributed by atoms with van der Waals surface area (Å²) in [6.07, 6.45) is 3.80. The molecule has 0 fully saturated rings. The second-order valence-corrected chi connectivity index (χ2v) is 3.25. The van der Waals surface area contributed by atoms with Crippen LogP contribution in [0.1, 0.15) is 5.56 Å². The first-order chi connectivity index (χ1) is 7.24. The fourth-order valence-corrected chi connectivity index (χ4v) is 1.22. The minimum atomic E-state index is 0.312. The maximum Gasteiger partial charge on any atom is 0.243 e. The molecule has 80 valence electrons. The SMILES string of the molecule is Cc1cnn(CCNc2n[nH]c(N)n2)c1. The molecule has 7 nitrogen and oxygen atoms in total. The van der Waals surface area contributed by atoms with Crippen LogP contribution in [0.25, 0.3) is 0 Å². The highest BCUT2D eigenvalue weighted by molar-refractivity contribution is 5.29. The molecule has 0 amide bonds. The molecule has 2 rings (SSSR count). The molecule has 0 saturated carbocycles. The first-order valence-corrected chi connectivity index (χ1v) is 4.65. The lowest BCUT2D eigenvalue weighted by atomic mass is 10.4. The lowest BCUT2D eigenvalue weighted by molar-refractivity contribution is 0.636. The molecule has 2 aromatic heterocycles. The van der Waals surface area contributed by atoms with E-state index >= 15 is 0 Å². The van der Waals surface area contributed by atoms with Crippen LogP contribution in [0.2, 0.25) is 0 Å². The van der Waals surface area contributed by atoms with Gasteiger partial charge in [-0.3, -0.25) is 4.68 Å². The summed E-state index contributed by atoms with van der Waals surface area (Å²) >= 11 is 0. The van der Waals surface area contributed by atoms with Crippen molar-refractivity contribution in [1.82, 2.24) is 25.0 Å². The Hall–Kier alpha value is -2.05. The van der Waals surface area contributed by atoms with Crippen molar-refractivity contribution < 1.29 is 0 Å². The Morgan fingerprint density at radius 3 is 3.07 bits per heavy atom. The van der Waals surface area contributed by atoms with E-state index in [2.05, 4.69) is 25.6 Å². The average Bonchev–Trinajstić information content (AvgIpc) is 2.76. The van der Waals surface area contributed by atoms with Gasteiger partial charge >= 0.3 is 0 Å². The lowest BCUT2D eigenvalue weighted by Crippen LogP contribution is -2.11. The van der Waals surface area contributed by atoms with E-state index in [0.29, 0.717) is 18.4 Å². The van der Waals surface area contributed by atoms with E-state index in [9.17, 15) is 0 Å². The minimum Gasteiger partial charge on any atom is -0.368 e. The minimum absolute atomic E-state index is 0.312. The van der Waals surface area contributed by atoms with Crippen LogP contribution in [0.15, 0.2) is 12.4 Å². The van der Waals surface area contributed by atoms with Gasteiger partial charge in [0.1, 0.15) is 0 Å². The van der Waals surface area contributed by atoms with Crippen LogP contribution in [0.5, 0.6) is 0 Å². The Morgan fingerprint density at radius 1 is 1.60 bits per heavy atom. The summed E-state index contributed by atoms with van der Waals surface area (Å²) in [7, 11) is 0. The predicted octanol–water partition coefficient (Wildman–Crippen LogP) is 0.00392. The first kappa shape index (κ1) is 9.50. The van der Waals surface area contributed by atoms with Gasteiger partial charge < -0.3 is 11.1 Å². The summed E-state index contributed by atoms with van der Waals surface area (Å²) in [5.74, 6) is 0.823. The van der Waals surface area contributed by atoms with Crippen molar-refractivity contribution in [3.63, 3.8) is 0 Å². The summed E-state index contributed by atoms with van der Waals surface area (Å²) in [5.41, 5.74) is 6.53. The van der Waals surface area contributed by atoms with Gasteiger partial charge in [-0.05, 0) is 12.5 Å². The van der Waals surface area contributed by atoms with Gasteiger partial charge in [-0.15, -0.1) is 5.10 Å². The number of nitrogens with zero attached hydrogens (tertiary/aromatic N) is 4. The van der Waals surface area contributed by atoms with Gasteiger partial charge in [-0.2, -0.15) is 10.1 Å². The number of aromatic nitrogens is 5. The lowest BCUT2D eigenvalue weighted by Gasteiger charge is -2.01. The highest BCUT2D eigenvalue weighted by Gasteiger charge is 1.98. The normalized spacial score (nSPS) is 10.5. The van der Waals surface area contributed by atoms with Crippen molar-refractivity contribution in [1.29, 1.82) is 0 Å². The molecule has 0 aliphatic heterocycles. The fourth-order valence-electron chi connectivity index (χ4n) is 1.22. The van der Waals surface area contributed by atoms with Crippen LogP contribution in [0.4, 0.5) is 11.9 Å². The Bertz CT molecular complexity index is 389. The third kappa shape index (κ3) is 2.46. The Labute approximate surface area is 86.7 Å². The molecule has 7 heteroatoms. The van der Waals surface area contributed by atoms with E-state index in [1.54, 1.807) is 0 Å². The fraction of sp³-hybridized carbons (Fsp3) is 0.375. The smallest absolute Gasteiger partial charge is 0.243 e. The summed E-state index contributed by atoms with van der Waals surface area (Å²) < 4.78 is 1.86. The van der Waals surface area contributed by atoms with Crippen LogP contribution in [0, 0.1) is 6.92 Å². The number of hydrogen-bond donors (Lipinski definition) is 3. The van der Waals surface area contributed by atoms with E-state index in [-0.39, 0.29) is 0 Å². The molecular weight excluding hydrogens is 194 g/mol. The van der Waals surface area contributed by atoms with E-state index in [1.165, 1.54) is 0 Å². The van der Waals surface area contributed by atoms with Crippen molar-refractivity contribution in [3.05, 3.63) is 18.0 Å². The van der Waals surface area contributed by atoms with E-state index in [1.807, 2.05) is 24.0 Å². The molecule has 0 aliphatic rings. The molecule has 0 spiro atoms. The van der Waals surface area contributed by atoms with Gasteiger partial charge in [0.2, 0.25) is 11.9 Å². The van der Waals surface area contributed by atoms with E-state index < -0.39 is 0 Å². The number of H-pyrrole nitrogens is 1. The molecule has 2 aromatic rings. The van der Waals surface area contributed by atoms with Crippen LogP contribution in [-0.4, -0.2) is 31.5 Å². The average molecular weight is 207 g/mol. The number of nitrogens with one attached hydrogen (secondary N) is 2. The number of anilines is 2. The molecule has 0 saturated heterocycles. The molecule has 0 radical (unpaired) electrons. The first-order valence-electron chi connectivity index (χ1n) is 4.65. The standard InChI is InChI=1S/C8H13N7/c1-6-4-11-15(5-6)3-2-10-8-12-7(9)13-14-8/h4-5H,2-3H2,1H3,(H4,9,10,12,13,14). The highest BCUT2D eigenvalue weighted by Crippen LogP contribution is 1.98. The largest absolute Gasteiger partial charge is 0.368 e. The topological polar surface area (TPSA) is 97.4 Å². The third-order valence-corrected chi connectivity index (χ3v) is 1.89. The van der Waals surface area contributed by atoms with Crippen molar-refractivity contribution >= 4 is 11.9 Å². The quantitative estimate of drug-likeness (QED) is 0.655. The molecule has 0 unspecified atom stereocenters. The van der Waals surface area contributed by atoms with Gasteiger partial charge in [-0.25, -0.2) is 5.10 Å². The maximum absolute atomic E-state index is 5.38. The van der Waals surface area contributed by atoms with Crippen molar-refractivity contribution in [2.45, 2.75) is 13.5 Å². The maximum atomic E-state index is 5.38. The number of aryl methyl sites for hydroxylation is 1. The van der Waals surface area contributed by atoms with Gasteiger partial charge in [0.15, 0.2) is 0 Å². The van der Waals surface area contributed by atoms with Crippen molar-refractivity contribution in [2.24, 2.45) is 0 Å². The predicted molar refractivity (Wildman–Crippen MR) is 56.2 cm³/mol. The van der Waals surface area contributed by atoms with Gasteiger partial charge in [-0.1, -0.05) is 0 Å². The Morgan fingerprint density at radius 2 is 2.47 bits per heavy atom. The highest BCUT2D eigenvalue weighted by atomic mass is 15.3. The number of nitrogen functional groups attached to an aromatic ring is 1. The van der Waals surface area contributed by atoms with Crippen molar-refractivity contribution in [3.8, 4) is 0 Å². The van der Waals surface area contributed by atoms with Crippen LogP contribution < -0.4 is 11.1 Å². The second kappa shape index (κ2) is 3.99. The zero-order chi connectivity index (χ0) is 10.7.